The quantitative estimate of drug-likeness (QED) is 0.864. The molecule has 21 heavy (non-hydrogen) atoms. The van der Waals surface area contributed by atoms with E-state index < -0.39 is 0 Å². The van der Waals surface area contributed by atoms with Gasteiger partial charge in [0.1, 0.15) is 0 Å². The molecule has 0 aliphatic rings. The highest BCUT2D eigenvalue weighted by atomic mass is 16.2. The third kappa shape index (κ3) is 4.17. The molecule has 2 rings (SSSR count). The van der Waals surface area contributed by atoms with Gasteiger partial charge in [0.25, 0.3) is 5.91 Å². The molecular formula is C15H18N4O2. The van der Waals surface area contributed by atoms with Gasteiger partial charge in [-0.25, -0.2) is 0 Å². The first-order valence-electron chi connectivity index (χ1n) is 6.63. The van der Waals surface area contributed by atoms with Crippen LogP contribution < -0.4 is 5.32 Å². The molecule has 0 aliphatic carbocycles. The minimum atomic E-state index is -0.247. The van der Waals surface area contributed by atoms with Crippen LogP contribution in [0.3, 0.4) is 0 Å². The van der Waals surface area contributed by atoms with E-state index in [1.54, 1.807) is 36.5 Å². The molecule has 2 amide bonds. The molecule has 6 nitrogen and oxygen atoms in total. The maximum absolute atomic E-state index is 12.0. The highest BCUT2D eigenvalue weighted by molar-refractivity contribution is 5.96. The summed E-state index contributed by atoms with van der Waals surface area (Å²) in [7, 11) is 1.69. The van der Waals surface area contributed by atoms with E-state index in [-0.39, 0.29) is 18.4 Å². The van der Waals surface area contributed by atoms with Crippen LogP contribution in [0.4, 0.5) is 0 Å². The monoisotopic (exact) mass is 286 g/mol. The molecule has 0 aliphatic heterocycles. The number of aromatic nitrogens is 2. The van der Waals surface area contributed by atoms with E-state index >= 15 is 0 Å². The van der Waals surface area contributed by atoms with E-state index in [4.69, 9.17) is 0 Å². The van der Waals surface area contributed by atoms with Crippen LogP contribution in [0.25, 0.3) is 0 Å². The van der Waals surface area contributed by atoms with Crippen LogP contribution in [0.5, 0.6) is 0 Å². The topological polar surface area (TPSA) is 78.1 Å². The van der Waals surface area contributed by atoms with Gasteiger partial charge in [0, 0.05) is 30.9 Å². The van der Waals surface area contributed by atoms with Gasteiger partial charge >= 0.3 is 0 Å². The van der Waals surface area contributed by atoms with E-state index in [2.05, 4.69) is 15.5 Å². The minimum absolute atomic E-state index is 0.0267. The van der Waals surface area contributed by atoms with Crippen molar-refractivity contribution in [3.8, 4) is 0 Å². The van der Waals surface area contributed by atoms with Gasteiger partial charge in [-0.15, -0.1) is 0 Å². The molecule has 6 heteroatoms. The average molecular weight is 286 g/mol. The average Bonchev–Trinajstić information content (AvgIpc) is 2.97. The van der Waals surface area contributed by atoms with Gasteiger partial charge < -0.3 is 10.2 Å². The van der Waals surface area contributed by atoms with Crippen LogP contribution in [-0.4, -0.2) is 40.5 Å². The Bertz CT molecular complexity index is 622. The van der Waals surface area contributed by atoms with E-state index in [0.29, 0.717) is 12.1 Å². The van der Waals surface area contributed by atoms with Crippen LogP contribution >= 0.6 is 0 Å². The summed E-state index contributed by atoms with van der Waals surface area (Å²) in [6.07, 6.45) is 3.39. The number of hydrogen-bond donors (Lipinski definition) is 2. The summed E-state index contributed by atoms with van der Waals surface area (Å²) in [5.74, 6) is -0.402. The number of carbonyl (C=O) groups excluding carboxylic acids is 2. The Kier molecular flexibility index (Phi) is 4.71. The Morgan fingerprint density at radius 3 is 2.86 bits per heavy atom. The van der Waals surface area contributed by atoms with Crippen LogP contribution in [0.1, 0.15) is 21.5 Å². The Labute approximate surface area is 123 Å². The fourth-order valence-corrected chi connectivity index (χ4v) is 1.91. The predicted octanol–water partition coefficient (Wildman–Crippen LogP) is 1.11. The fraction of sp³-hybridized carbons (Fsp3) is 0.267. The molecular weight excluding hydrogens is 268 g/mol. The molecule has 1 heterocycles. The van der Waals surface area contributed by atoms with Crippen molar-refractivity contribution >= 4 is 11.8 Å². The minimum Gasteiger partial charge on any atom is -0.343 e. The number of hydrogen-bond acceptors (Lipinski definition) is 3. The zero-order valence-corrected chi connectivity index (χ0v) is 12.1. The molecule has 0 unspecified atom stereocenters. The van der Waals surface area contributed by atoms with E-state index in [9.17, 15) is 9.59 Å². The molecule has 1 aromatic carbocycles. The lowest BCUT2D eigenvalue weighted by Gasteiger charge is -2.16. The third-order valence-electron chi connectivity index (χ3n) is 3.08. The SMILES string of the molecule is Cc1cccc(C(=O)NCC(=O)N(C)Cc2cn[nH]c2)c1. The van der Waals surface area contributed by atoms with Crippen LogP contribution in [-0.2, 0) is 11.3 Å². The van der Waals surface area contributed by atoms with E-state index in [1.807, 2.05) is 19.1 Å². The van der Waals surface area contributed by atoms with E-state index in [1.165, 1.54) is 0 Å². The zero-order chi connectivity index (χ0) is 15.2. The van der Waals surface area contributed by atoms with Crippen LogP contribution in [0.15, 0.2) is 36.7 Å². The van der Waals surface area contributed by atoms with Crippen molar-refractivity contribution in [2.45, 2.75) is 13.5 Å². The first-order chi connectivity index (χ1) is 10.1. The van der Waals surface area contributed by atoms with Gasteiger partial charge in [0.15, 0.2) is 0 Å². The molecule has 1 aromatic heterocycles. The molecule has 0 bridgehead atoms. The summed E-state index contributed by atoms with van der Waals surface area (Å²) in [6, 6.07) is 7.24. The second-order valence-corrected chi connectivity index (χ2v) is 4.91. The third-order valence-corrected chi connectivity index (χ3v) is 3.08. The molecule has 0 saturated carbocycles. The summed E-state index contributed by atoms with van der Waals surface area (Å²) < 4.78 is 0. The normalized spacial score (nSPS) is 10.2. The number of rotatable bonds is 5. The molecule has 2 N–H and O–H groups in total. The molecule has 0 saturated heterocycles. The Balaban J connectivity index is 1.84. The highest BCUT2D eigenvalue weighted by Crippen LogP contribution is 2.04. The van der Waals surface area contributed by atoms with Gasteiger partial charge in [0.05, 0.1) is 12.7 Å². The number of nitrogens with one attached hydrogen (secondary N) is 2. The van der Waals surface area contributed by atoms with Gasteiger partial charge in [0.2, 0.25) is 5.91 Å². The molecule has 0 radical (unpaired) electrons. The van der Waals surface area contributed by atoms with Crippen molar-refractivity contribution in [2.75, 3.05) is 13.6 Å². The smallest absolute Gasteiger partial charge is 0.251 e. The standard InChI is InChI=1S/C15H18N4O2/c1-11-4-3-5-13(6-11)15(21)16-9-14(20)19(2)10-12-7-17-18-8-12/h3-8H,9-10H2,1-2H3,(H,16,21)(H,17,18). The number of carbonyl (C=O) groups is 2. The van der Waals surface area contributed by atoms with Gasteiger partial charge in [-0.2, -0.15) is 5.10 Å². The summed E-state index contributed by atoms with van der Waals surface area (Å²) in [5.41, 5.74) is 2.47. The van der Waals surface area contributed by atoms with Gasteiger partial charge in [-0.05, 0) is 19.1 Å². The lowest BCUT2D eigenvalue weighted by Crippen LogP contribution is -2.37. The van der Waals surface area contributed by atoms with Crippen molar-refractivity contribution in [3.05, 3.63) is 53.3 Å². The molecule has 110 valence electrons. The maximum atomic E-state index is 12.0. The second-order valence-electron chi connectivity index (χ2n) is 4.91. The van der Waals surface area contributed by atoms with Crippen molar-refractivity contribution in [1.82, 2.24) is 20.4 Å². The van der Waals surface area contributed by atoms with E-state index in [0.717, 1.165) is 11.1 Å². The van der Waals surface area contributed by atoms with Gasteiger partial charge in [-0.1, -0.05) is 17.7 Å². The molecule has 0 spiro atoms. The first-order valence-corrected chi connectivity index (χ1v) is 6.63. The van der Waals surface area contributed by atoms with Crippen molar-refractivity contribution < 1.29 is 9.59 Å². The highest BCUT2D eigenvalue weighted by Gasteiger charge is 2.12. The lowest BCUT2D eigenvalue weighted by molar-refractivity contribution is -0.129. The summed E-state index contributed by atoms with van der Waals surface area (Å²) in [4.78, 5) is 25.4. The Hall–Kier alpha value is -2.63. The van der Waals surface area contributed by atoms with Crippen LogP contribution in [0.2, 0.25) is 0 Å². The summed E-state index contributed by atoms with van der Waals surface area (Å²) in [5, 5.41) is 9.15. The summed E-state index contributed by atoms with van der Waals surface area (Å²) >= 11 is 0. The number of likely N-dealkylation sites (N-methyl/N-ethyl adjacent to an activating group) is 1. The number of benzene rings is 1. The Morgan fingerprint density at radius 1 is 1.38 bits per heavy atom. The maximum Gasteiger partial charge on any atom is 0.251 e. The summed E-state index contributed by atoms with van der Waals surface area (Å²) in [6.45, 7) is 2.34. The molecule has 0 fully saturated rings. The lowest BCUT2D eigenvalue weighted by atomic mass is 10.1. The number of aromatic amines is 1. The number of amides is 2. The van der Waals surface area contributed by atoms with Crippen LogP contribution in [0, 0.1) is 6.92 Å². The fourth-order valence-electron chi connectivity index (χ4n) is 1.91. The van der Waals surface area contributed by atoms with Crippen molar-refractivity contribution in [3.63, 3.8) is 0 Å². The van der Waals surface area contributed by atoms with Crippen molar-refractivity contribution in [1.29, 1.82) is 0 Å². The second kappa shape index (κ2) is 6.69. The number of aryl methyl sites for hydroxylation is 1. The predicted molar refractivity (Wildman–Crippen MR) is 78.6 cm³/mol. The number of nitrogens with zero attached hydrogens (tertiary/aromatic N) is 2. The molecule has 0 atom stereocenters. The molecule has 2 aromatic rings. The first kappa shape index (κ1) is 14.8. The largest absolute Gasteiger partial charge is 0.343 e. The van der Waals surface area contributed by atoms with Crippen molar-refractivity contribution in [2.24, 2.45) is 0 Å². The Morgan fingerprint density at radius 2 is 2.19 bits per heavy atom. The zero-order valence-electron chi connectivity index (χ0n) is 12.1. The number of H-pyrrole nitrogens is 1. The van der Waals surface area contributed by atoms with Gasteiger partial charge in [-0.3, -0.25) is 14.7 Å².